The van der Waals surface area contributed by atoms with Crippen LogP contribution in [0.2, 0.25) is 4.34 Å². The van der Waals surface area contributed by atoms with Crippen molar-refractivity contribution >= 4 is 28.6 Å². The fourth-order valence-corrected chi connectivity index (χ4v) is 3.54. The molecule has 0 fully saturated rings. The first kappa shape index (κ1) is 12.1. The third-order valence-corrected chi connectivity index (χ3v) is 4.83. The summed E-state index contributed by atoms with van der Waals surface area (Å²) in [6.45, 7) is 4.47. The van der Waals surface area contributed by atoms with Gasteiger partial charge in [0.25, 0.3) is 0 Å². The van der Waals surface area contributed by atoms with E-state index in [0.29, 0.717) is 12.0 Å². The molecule has 1 unspecified atom stereocenters. The Hall–Kier alpha value is -0.990. The number of rotatable bonds is 2. The molecule has 0 saturated carbocycles. The van der Waals surface area contributed by atoms with Crippen LogP contribution in [0.1, 0.15) is 41.8 Å². The standard InChI is InChI=1S/C15H16ClNS/c1-9(2)10-3-4-12-11(7-10)8-13(17-12)14-5-6-15(16)18-14/h3-7,9,13,17H,8H2,1-2H3. The van der Waals surface area contributed by atoms with Crippen molar-refractivity contribution in [2.24, 2.45) is 0 Å². The van der Waals surface area contributed by atoms with Gasteiger partial charge in [-0.1, -0.05) is 37.6 Å². The Morgan fingerprint density at radius 2 is 2.11 bits per heavy atom. The van der Waals surface area contributed by atoms with Gasteiger partial charge in [0.1, 0.15) is 0 Å². The first-order valence-electron chi connectivity index (χ1n) is 6.28. The van der Waals surface area contributed by atoms with E-state index in [-0.39, 0.29) is 0 Å². The number of hydrogen-bond acceptors (Lipinski definition) is 2. The molecule has 0 amide bonds. The van der Waals surface area contributed by atoms with Crippen LogP contribution in [0.25, 0.3) is 0 Å². The van der Waals surface area contributed by atoms with Crippen LogP contribution in [0, 0.1) is 0 Å². The molecule has 1 aliphatic rings. The molecule has 1 atom stereocenters. The van der Waals surface area contributed by atoms with Gasteiger partial charge in [-0.25, -0.2) is 0 Å². The molecule has 3 heteroatoms. The molecule has 1 aliphatic heterocycles. The van der Waals surface area contributed by atoms with Gasteiger partial charge in [0.05, 0.1) is 10.4 Å². The highest BCUT2D eigenvalue weighted by atomic mass is 35.5. The van der Waals surface area contributed by atoms with Crippen LogP contribution in [0.4, 0.5) is 5.69 Å². The van der Waals surface area contributed by atoms with Gasteiger partial charge in [0.15, 0.2) is 0 Å². The monoisotopic (exact) mass is 277 g/mol. The van der Waals surface area contributed by atoms with Crippen molar-refractivity contribution in [2.75, 3.05) is 5.32 Å². The summed E-state index contributed by atoms with van der Waals surface area (Å²) in [6.07, 6.45) is 1.06. The van der Waals surface area contributed by atoms with Crippen LogP contribution < -0.4 is 5.32 Å². The maximum atomic E-state index is 6.01. The van der Waals surface area contributed by atoms with E-state index in [2.05, 4.69) is 43.4 Å². The molecule has 1 aromatic carbocycles. The quantitative estimate of drug-likeness (QED) is 0.792. The molecule has 0 aliphatic carbocycles. The second-order valence-corrected chi connectivity index (χ2v) is 6.86. The van der Waals surface area contributed by atoms with Crippen molar-refractivity contribution in [2.45, 2.75) is 32.2 Å². The Labute approximate surface area is 117 Å². The summed E-state index contributed by atoms with van der Waals surface area (Å²) >= 11 is 7.68. The van der Waals surface area contributed by atoms with Gasteiger partial charge in [-0.05, 0) is 41.7 Å². The maximum Gasteiger partial charge on any atom is 0.0932 e. The fourth-order valence-electron chi connectivity index (χ4n) is 2.43. The highest BCUT2D eigenvalue weighted by molar-refractivity contribution is 7.16. The van der Waals surface area contributed by atoms with Gasteiger partial charge < -0.3 is 5.32 Å². The zero-order valence-corrected chi connectivity index (χ0v) is 12.1. The maximum absolute atomic E-state index is 6.01. The zero-order valence-electron chi connectivity index (χ0n) is 10.5. The third kappa shape index (κ3) is 2.15. The van der Waals surface area contributed by atoms with E-state index < -0.39 is 0 Å². The fraction of sp³-hybridized carbons (Fsp3) is 0.333. The average Bonchev–Trinajstić information content (AvgIpc) is 2.93. The van der Waals surface area contributed by atoms with Crippen molar-refractivity contribution in [3.8, 4) is 0 Å². The van der Waals surface area contributed by atoms with Gasteiger partial charge in [-0.2, -0.15) is 0 Å². The first-order chi connectivity index (χ1) is 8.63. The van der Waals surface area contributed by atoms with E-state index in [0.717, 1.165) is 10.8 Å². The van der Waals surface area contributed by atoms with E-state index in [4.69, 9.17) is 11.6 Å². The highest BCUT2D eigenvalue weighted by Gasteiger charge is 2.23. The van der Waals surface area contributed by atoms with Gasteiger partial charge in [-0.3, -0.25) is 0 Å². The highest BCUT2D eigenvalue weighted by Crippen LogP contribution is 2.38. The minimum atomic E-state index is 0.389. The predicted molar refractivity (Wildman–Crippen MR) is 79.9 cm³/mol. The Bertz CT molecular complexity index is 574. The number of anilines is 1. The molecule has 94 valence electrons. The number of thiophene rings is 1. The molecule has 18 heavy (non-hydrogen) atoms. The summed E-state index contributed by atoms with van der Waals surface area (Å²) in [5, 5.41) is 3.58. The molecular formula is C15H16ClNS. The minimum Gasteiger partial charge on any atom is -0.377 e. The van der Waals surface area contributed by atoms with Crippen LogP contribution in [0.15, 0.2) is 30.3 Å². The topological polar surface area (TPSA) is 12.0 Å². The van der Waals surface area contributed by atoms with Crippen molar-refractivity contribution in [3.05, 3.63) is 50.7 Å². The molecule has 0 radical (unpaired) electrons. The summed E-state index contributed by atoms with van der Waals surface area (Å²) in [7, 11) is 0. The van der Waals surface area contributed by atoms with E-state index >= 15 is 0 Å². The molecule has 1 N–H and O–H groups in total. The molecule has 1 nitrogen and oxygen atoms in total. The summed E-state index contributed by atoms with van der Waals surface area (Å²) in [4.78, 5) is 1.32. The predicted octanol–water partition coefficient (Wildman–Crippen LogP) is 5.23. The molecule has 0 bridgehead atoms. The van der Waals surface area contributed by atoms with Crippen molar-refractivity contribution in [1.29, 1.82) is 0 Å². The van der Waals surface area contributed by atoms with Crippen LogP contribution in [0.5, 0.6) is 0 Å². The molecule has 0 saturated heterocycles. The molecular weight excluding hydrogens is 262 g/mol. The largest absolute Gasteiger partial charge is 0.377 e. The average molecular weight is 278 g/mol. The lowest BCUT2D eigenvalue weighted by Crippen LogP contribution is -2.02. The summed E-state index contributed by atoms with van der Waals surface area (Å²) in [5.41, 5.74) is 4.12. The van der Waals surface area contributed by atoms with Crippen LogP contribution in [0.3, 0.4) is 0 Å². The number of halogens is 1. The lowest BCUT2D eigenvalue weighted by atomic mass is 9.99. The van der Waals surface area contributed by atoms with E-state index in [1.165, 1.54) is 21.7 Å². The van der Waals surface area contributed by atoms with Crippen LogP contribution in [-0.2, 0) is 6.42 Å². The van der Waals surface area contributed by atoms with Crippen LogP contribution in [-0.4, -0.2) is 0 Å². The van der Waals surface area contributed by atoms with E-state index in [9.17, 15) is 0 Å². The zero-order chi connectivity index (χ0) is 12.7. The number of fused-ring (bicyclic) bond motifs is 1. The van der Waals surface area contributed by atoms with Crippen LogP contribution >= 0.6 is 22.9 Å². The minimum absolute atomic E-state index is 0.389. The molecule has 1 aromatic heterocycles. The second-order valence-electron chi connectivity index (χ2n) is 5.11. The Morgan fingerprint density at radius 1 is 1.28 bits per heavy atom. The summed E-state index contributed by atoms with van der Waals surface area (Å²) < 4.78 is 0.866. The molecule has 2 heterocycles. The molecule has 0 spiro atoms. The summed E-state index contributed by atoms with van der Waals surface area (Å²) in [5.74, 6) is 0.588. The SMILES string of the molecule is CC(C)c1ccc2c(c1)CC(c1ccc(Cl)s1)N2. The third-order valence-electron chi connectivity index (χ3n) is 3.49. The van der Waals surface area contributed by atoms with Gasteiger partial charge in [0.2, 0.25) is 0 Å². The first-order valence-corrected chi connectivity index (χ1v) is 7.47. The summed E-state index contributed by atoms with van der Waals surface area (Å²) in [6, 6.07) is 11.3. The van der Waals surface area contributed by atoms with Gasteiger partial charge in [-0.15, -0.1) is 11.3 Å². The van der Waals surface area contributed by atoms with Gasteiger partial charge in [0, 0.05) is 10.6 Å². The van der Waals surface area contributed by atoms with Gasteiger partial charge >= 0.3 is 0 Å². The number of benzene rings is 1. The lowest BCUT2D eigenvalue weighted by Gasteiger charge is -2.08. The number of hydrogen-bond donors (Lipinski definition) is 1. The molecule has 3 rings (SSSR count). The second kappa shape index (κ2) is 4.60. The van der Waals surface area contributed by atoms with Crippen molar-refractivity contribution < 1.29 is 0 Å². The van der Waals surface area contributed by atoms with Crippen molar-refractivity contribution in [3.63, 3.8) is 0 Å². The number of nitrogens with one attached hydrogen (secondary N) is 1. The van der Waals surface area contributed by atoms with Crippen molar-refractivity contribution in [1.82, 2.24) is 0 Å². The normalized spacial score (nSPS) is 17.9. The molecule has 2 aromatic rings. The van der Waals surface area contributed by atoms with E-state index in [1.54, 1.807) is 11.3 Å². The van der Waals surface area contributed by atoms with E-state index in [1.807, 2.05) is 6.07 Å². The Balaban J connectivity index is 1.87. The lowest BCUT2D eigenvalue weighted by molar-refractivity contribution is 0.835. The Morgan fingerprint density at radius 3 is 2.78 bits per heavy atom. The Kier molecular flexibility index (Phi) is 3.08. The smallest absolute Gasteiger partial charge is 0.0932 e.